The third-order valence-electron chi connectivity index (χ3n) is 6.38. The van der Waals surface area contributed by atoms with Crippen LogP contribution >= 0.6 is 0 Å². The maximum absolute atomic E-state index is 2.33. The fourth-order valence-electron chi connectivity index (χ4n) is 4.28. The Hall–Kier alpha value is -3.12. The Balaban J connectivity index is -0.000000120. The van der Waals surface area contributed by atoms with E-state index < -0.39 is 0 Å². The van der Waals surface area contributed by atoms with Crippen LogP contribution in [0, 0.1) is 0 Å². The van der Waals surface area contributed by atoms with Crippen molar-refractivity contribution in [1.29, 1.82) is 0 Å². The van der Waals surface area contributed by atoms with Gasteiger partial charge in [-0.3, -0.25) is 0 Å². The first-order valence-corrected chi connectivity index (χ1v) is 21.3. The molecule has 0 nitrogen and oxygen atoms in total. The molecule has 0 heteroatoms. The smallest absolute Gasteiger partial charge is 0.0423 e. The van der Waals surface area contributed by atoms with Crippen LogP contribution in [-0.2, 0) is 10.8 Å². The Bertz CT molecular complexity index is 1000. The highest BCUT2D eigenvalue weighted by Gasteiger charge is 2.31. The lowest BCUT2D eigenvalue weighted by molar-refractivity contribution is 0.637. The summed E-state index contributed by atoms with van der Waals surface area (Å²) in [5.74, 6) is 0. The summed E-state index contributed by atoms with van der Waals surface area (Å²) in [4.78, 5) is 0. The Kier molecular flexibility index (Phi) is 69.6. The van der Waals surface area contributed by atoms with Gasteiger partial charge in [-0.2, -0.15) is 0 Å². The number of rotatable bonds is 5. The molecule has 0 radical (unpaired) electrons. The molecule has 0 N–H and O–H groups in total. The van der Waals surface area contributed by atoms with E-state index in [-0.39, 0.29) is 10.8 Å². The molecule has 0 amide bonds. The molecule has 4 aromatic rings. The van der Waals surface area contributed by atoms with Crippen LogP contribution in [0.25, 0.3) is 0 Å². The van der Waals surface area contributed by atoms with Crippen molar-refractivity contribution in [2.75, 3.05) is 0 Å². The molecule has 0 fully saturated rings. The van der Waals surface area contributed by atoms with Crippen molar-refractivity contribution in [2.24, 2.45) is 0 Å². The molecule has 51 heavy (non-hydrogen) atoms. The van der Waals surface area contributed by atoms with Crippen molar-refractivity contribution in [3.63, 3.8) is 0 Å². The fourth-order valence-corrected chi connectivity index (χ4v) is 4.28. The molecule has 0 unspecified atom stereocenters. The summed E-state index contributed by atoms with van der Waals surface area (Å²) < 4.78 is 0. The molecule has 0 aromatic heterocycles. The van der Waals surface area contributed by atoms with E-state index in [1.807, 2.05) is 152 Å². The van der Waals surface area contributed by atoms with E-state index in [0.717, 1.165) is 0 Å². The normalized spacial score (nSPS) is 8.10. The first kappa shape index (κ1) is 66.2. The van der Waals surface area contributed by atoms with E-state index in [2.05, 4.69) is 136 Å². The van der Waals surface area contributed by atoms with Gasteiger partial charge in [-0.1, -0.05) is 281 Å². The van der Waals surface area contributed by atoms with Crippen LogP contribution in [0.4, 0.5) is 0 Å². The van der Waals surface area contributed by atoms with Crippen LogP contribution in [0.5, 0.6) is 0 Å². The van der Waals surface area contributed by atoms with Gasteiger partial charge < -0.3 is 0 Å². The Morgan fingerprint density at radius 1 is 0.216 bits per heavy atom. The van der Waals surface area contributed by atoms with Gasteiger partial charge in [-0.05, 0) is 34.7 Å². The largest absolute Gasteiger partial charge is 0.0683 e. The lowest BCUT2D eigenvalue weighted by atomic mass is 9.70. The zero-order valence-electron chi connectivity index (χ0n) is 39.5. The lowest BCUT2D eigenvalue weighted by Crippen LogP contribution is -2.26. The molecule has 0 saturated heterocycles. The monoisotopic (exact) mass is 707 g/mol. The maximum atomic E-state index is 2.33. The van der Waals surface area contributed by atoms with E-state index in [1.54, 1.807) is 0 Å². The predicted octanol–water partition coefficient (Wildman–Crippen LogP) is 18.7. The summed E-state index contributed by atoms with van der Waals surface area (Å²) in [7, 11) is 0. The Morgan fingerprint density at radius 2 is 0.373 bits per heavy atom. The van der Waals surface area contributed by atoms with Gasteiger partial charge in [0.2, 0.25) is 0 Å². The molecule has 4 aromatic carbocycles. The van der Waals surface area contributed by atoms with Crippen LogP contribution in [0.3, 0.4) is 0 Å². The van der Waals surface area contributed by atoms with Gasteiger partial charge >= 0.3 is 0 Å². The van der Waals surface area contributed by atoms with Gasteiger partial charge in [0, 0.05) is 10.8 Å². The third-order valence-corrected chi connectivity index (χ3v) is 6.38. The average molecular weight is 707 g/mol. The summed E-state index contributed by atoms with van der Waals surface area (Å²) in [5.41, 5.74) is 6.36. The Morgan fingerprint density at radius 3 is 0.608 bits per heavy atom. The van der Waals surface area contributed by atoms with Crippen LogP contribution in [0.2, 0.25) is 0 Å². The minimum atomic E-state index is -0.196. The molecular formula is C51H94. The second-order valence-electron chi connectivity index (χ2n) is 8.43. The van der Waals surface area contributed by atoms with E-state index in [1.165, 1.54) is 27.8 Å². The molecule has 0 bridgehead atoms. The standard InChI is InChI=1S/C29H28.11C2H6/c1-28(2,23-13-7-4-8-14-23)24-19-21-27(22-20-24)29(3,25-15-9-5-10-16-25)26-17-11-6-12-18-26;11*1-2/h4-22H,1-3H3;11*1-2H3. The number of benzene rings is 4. The average Bonchev–Trinajstić information content (AvgIpc) is 3.29. The topological polar surface area (TPSA) is 0 Å². The number of hydrogen-bond acceptors (Lipinski definition) is 0. The molecule has 0 spiro atoms. The van der Waals surface area contributed by atoms with Gasteiger partial charge in [0.15, 0.2) is 0 Å². The summed E-state index contributed by atoms with van der Waals surface area (Å²) in [6, 6.07) is 41.6. The second kappa shape index (κ2) is 53.7. The highest BCUT2D eigenvalue weighted by molar-refractivity contribution is 5.51. The van der Waals surface area contributed by atoms with Crippen LogP contribution in [-0.4, -0.2) is 0 Å². The summed E-state index contributed by atoms with van der Waals surface area (Å²) in [6.07, 6.45) is 0. The van der Waals surface area contributed by atoms with Crippen molar-refractivity contribution < 1.29 is 0 Å². The SMILES string of the molecule is CC.CC.CC.CC.CC.CC.CC.CC.CC.CC.CC.CC(C)(c1ccccc1)c1ccc(C(C)(c2ccccc2)c2ccccc2)cc1. The first-order valence-electron chi connectivity index (χ1n) is 21.3. The minimum Gasteiger partial charge on any atom is -0.0683 e. The zero-order chi connectivity index (χ0) is 42.3. The highest BCUT2D eigenvalue weighted by Crippen LogP contribution is 2.40. The van der Waals surface area contributed by atoms with Crippen LogP contribution < -0.4 is 0 Å². The maximum Gasteiger partial charge on any atom is 0.0423 e. The quantitative estimate of drug-likeness (QED) is 0.181. The van der Waals surface area contributed by atoms with Crippen LogP contribution in [0.1, 0.15) is 201 Å². The molecule has 0 heterocycles. The van der Waals surface area contributed by atoms with Gasteiger partial charge in [0.05, 0.1) is 0 Å². The van der Waals surface area contributed by atoms with E-state index >= 15 is 0 Å². The zero-order valence-corrected chi connectivity index (χ0v) is 39.5. The van der Waals surface area contributed by atoms with E-state index in [0.29, 0.717) is 0 Å². The third kappa shape index (κ3) is 25.5. The molecule has 0 aliphatic carbocycles. The van der Waals surface area contributed by atoms with Crippen molar-refractivity contribution in [1.82, 2.24) is 0 Å². The molecular weight excluding hydrogens is 613 g/mol. The minimum absolute atomic E-state index is 0.0321. The molecule has 0 aliphatic heterocycles. The van der Waals surface area contributed by atoms with E-state index in [4.69, 9.17) is 0 Å². The highest BCUT2D eigenvalue weighted by atomic mass is 14.3. The lowest BCUT2D eigenvalue weighted by Gasteiger charge is -2.33. The fraction of sp³-hybridized carbons (Fsp3) is 0.529. The second-order valence-corrected chi connectivity index (χ2v) is 8.43. The van der Waals surface area contributed by atoms with Gasteiger partial charge in [-0.15, -0.1) is 0 Å². The Labute approximate surface area is 326 Å². The molecule has 298 valence electrons. The summed E-state index contributed by atoms with van der Waals surface area (Å²) in [6.45, 7) is 50.9. The predicted molar refractivity (Wildman–Crippen MR) is 248 cm³/mol. The van der Waals surface area contributed by atoms with Crippen molar-refractivity contribution in [3.8, 4) is 0 Å². The number of hydrogen-bond donors (Lipinski definition) is 0. The molecule has 4 rings (SSSR count). The molecule has 0 atom stereocenters. The van der Waals surface area contributed by atoms with Gasteiger partial charge in [0.25, 0.3) is 0 Å². The van der Waals surface area contributed by atoms with Crippen LogP contribution in [0.15, 0.2) is 115 Å². The summed E-state index contributed by atoms with van der Waals surface area (Å²) >= 11 is 0. The summed E-state index contributed by atoms with van der Waals surface area (Å²) in [5, 5.41) is 0. The first-order chi connectivity index (χ1) is 25.0. The molecule has 0 aliphatic rings. The van der Waals surface area contributed by atoms with Crippen molar-refractivity contribution >= 4 is 0 Å². The van der Waals surface area contributed by atoms with Crippen molar-refractivity contribution in [3.05, 3.63) is 143 Å². The van der Waals surface area contributed by atoms with Gasteiger partial charge in [-0.25, -0.2) is 0 Å². The van der Waals surface area contributed by atoms with E-state index in [9.17, 15) is 0 Å². The van der Waals surface area contributed by atoms with Crippen molar-refractivity contribution in [2.45, 2.75) is 184 Å². The van der Waals surface area contributed by atoms with Gasteiger partial charge in [0.1, 0.15) is 0 Å². The molecule has 0 saturated carbocycles.